The molecule has 12 heavy (non-hydrogen) atoms. The summed E-state index contributed by atoms with van der Waals surface area (Å²) in [5.74, 6) is 0. The summed E-state index contributed by atoms with van der Waals surface area (Å²) in [6, 6.07) is 0. The van der Waals surface area contributed by atoms with Crippen LogP contribution in [0.5, 0.6) is 5.19 Å². The SMILES string of the molecule is FC1CNCC1Oc1nccs1. The summed E-state index contributed by atoms with van der Waals surface area (Å²) < 4.78 is 18.3. The van der Waals surface area contributed by atoms with Gasteiger partial charge < -0.3 is 10.1 Å². The van der Waals surface area contributed by atoms with Gasteiger partial charge in [-0.3, -0.25) is 0 Å². The maximum absolute atomic E-state index is 13.0. The van der Waals surface area contributed by atoms with E-state index >= 15 is 0 Å². The first kappa shape index (κ1) is 7.94. The Morgan fingerprint density at radius 3 is 3.17 bits per heavy atom. The molecule has 3 nitrogen and oxygen atoms in total. The first-order valence-electron chi connectivity index (χ1n) is 3.77. The molecule has 0 radical (unpaired) electrons. The average Bonchev–Trinajstić information content (AvgIpc) is 2.65. The molecule has 1 aliphatic heterocycles. The summed E-state index contributed by atoms with van der Waals surface area (Å²) in [6.07, 6.45) is 0.375. The van der Waals surface area contributed by atoms with Gasteiger partial charge in [0.25, 0.3) is 5.19 Å². The molecule has 0 amide bonds. The third-order valence-electron chi connectivity index (χ3n) is 1.75. The van der Waals surface area contributed by atoms with Gasteiger partial charge in [-0.25, -0.2) is 9.37 Å². The lowest BCUT2D eigenvalue weighted by Gasteiger charge is -2.11. The minimum absolute atomic E-state index is 0.365. The van der Waals surface area contributed by atoms with E-state index in [1.165, 1.54) is 11.3 Å². The second-order valence-corrected chi connectivity index (χ2v) is 3.49. The van der Waals surface area contributed by atoms with E-state index in [0.717, 1.165) is 0 Å². The lowest BCUT2D eigenvalue weighted by atomic mass is 10.3. The smallest absolute Gasteiger partial charge is 0.273 e. The van der Waals surface area contributed by atoms with Crippen molar-refractivity contribution in [1.29, 1.82) is 0 Å². The van der Waals surface area contributed by atoms with E-state index in [1.807, 2.05) is 5.38 Å². The third kappa shape index (κ3) is 1.56. The Kier molecular flexibility index (Phi) is 2.23. The summed E-state index contributed by atoms with van der Waals surface area (Å²) in [5.41, 5.74) is 0. The summed E-state index contributed by atoms with van der Waals surface area (Å²) >= 11 is 1.38. The van der Waals surface area contributed by atoms with Crippen molar-refractivity contribution >= 4 is 11.3 Å². The average molecular weight is 188 g/mol. The second-order valence-electron chi connectivity index (χ2n) is 2.63. The van der Waals surface area contributed by atoms with Crippen LogP contribution in [0.2, 0.25) is 0 Å². The molecule has 2 heterocycles. The van der Waals surface area contributed by atoms with Crippen molar-refractivity contribution in [1.82, 2.24) is 10.3 Å². The van der Waals surface area contributed by atoms with E-state index in [-0.39, 0.29) is 6.10 Å². The maximum atomic E-state index is 13.0. The van der Waals surface area contributed by atoms with Crippen LogP contribution in [0.15, 0.2) is 11.6 Å². The van der Waals surface area contributed by atoms with Crippen molar-refractivity contribution in [2.24, 2.45) is 0 Å². The summed E-state index contributed by atoms with van der Waals surface area (Å²) in [4.78, 5) is 3.92. The van der Waals surface area contributed by atoms with Crippen molar-refractivity contribution in [2.45, 2.75) is 12.3 Å². The molecule has 1 N–H and O–H groups in total. The van der Waals surface area contributed by atoms with Crippen LogP contribution in [0.25, 0.3) is 0 Å². The number of rotatable bonds is 2. The molecule has 5 heteroatoms. The van der Waals surface area contributed by atoms with Crippen molar-refractivity contribution < 1.29 is 9.13 Å². The Morgan fingerprint density at radius 1 is 1.67 bits per heavy atom. The molecule has 0 bridgehead atoms. The quantitative estimate of drug-likeness (QED) is 0.746. The predicted molar refractivity (Wildman–Crippen MR) is 44.3 cm³/mol. The fourth-order valence-corrected chi connectivity index (χ4v) is 1.68. The molecule has 1 fully saturated rings. The molecular formula is C7H9FN2OS. The van der Waals surface area contributed by atoms with Crippen LogP contribution in [-0.2, 0) is 0 Å². The minimum atomic E-state index is -0.908. The normalized spacial score (nSPS) is 29.1. The number of nitrogens with one attached hydrogen (secondary N) is 1. The Morgan fingerprint density at radius 2 is 2.58 bits per heavy atom. The van der Waals surface area contributed by atoms with E-state index in [0.29, 0.717) is 18.3 Å². The van der Waals surface area contributed by atoms with Crippen molar-refractivity contribution in [3.63, 3.8) is 0 Å². The van der Waals surface area contributed by atoms with Crippen LogP contribution in [0, 0.1) is 0 Å². The Hall–Kier alpha value is -0.680. The van der Waals surface area contributed by atoms with Gasteiger partial charge in [-0.05, 0) is 0 Å². The monoisotopic (exact) mass is 188 g/mol. The highest BCUT2D eigenvalue weighted by Crippen LogP contribution is 2.18. The Labute approximate surface area is 73.6 Å². The number of hydrogen-bond acceptors (Lipinski definition) is 4. The van der Waals surface area contributed by atoms with Gasteiger partial charge in [-0.2, -0.15) is 0 Å². The fraction of sp³-hybridized carbons (Fsp3) is 0.571. The predicted octanol–water partition coefficient (Wildman–Crippen LogP) is 0.832. The molecule has 0 aromatic carbocycles. The third-order valence-corrected chi connectivity index (χ3v) is 2.41. The standard InChI is InChI=1S/C7H9FN2OS/c8-5-3-9-4-6(5)11-7-10-1-2-12-7/h1-2,5-6,9H,3-4H2. The number of hydrogen-bond donors (Lipinski definition) is 1. The molecule has 1 aromatic rings. The van der Waals surface area contributed by atoms with Crippen LogP contribution < -0.4 is 10.1 Å². The molecule has 0 spiro atoms. The number of nitrogens with zero attached hydrogens (tertiary/aromatic N) is 1. The zero-order valence-electron chi connectivity index (χ0n) is 6.37. The van der Waals surface area contributed by atoms with Crippen LogP contribution in [0.4, 0.5) is 4.39 Å². The van der Waals surface area contributed by atoms with Gasteiger partial charge >= 0.3 is 0 Å². The highest BCUT2D eigenvalue weighted by Gasteiger charge is 2.28. The van der Waals surface area contributed by atoms with Gasteiger partial charge in [0, 0.05) is 24.7 Å². The van der Waals surface area contributed by atoms with Crippen LogP contribution in [0.3, 0.4) is 0 Å². The van der Waals surface area contributed by atoms with Gasteiger partial charge in [-0.15, -0.1) is 0 Å². The first-order valence-corrected chi connectivity index (χ1v) is 4.65. The van der Waals surface area contributed by atoms with Gasteiger partial charge in [0.2, 0.25) is 0 Å². The van der Waals surface area contributed by atoms with Crippen molar-refractivity contribution in [2.75, 3.05) is 13.1 Å². The molecule has 66 valence electrons. The molecule has 1 aromatic heterocycles. The van der Waals surface area contributed by atoms with Crippen LogP contribution in [-0.4, -0.2) is 30.3 Å². The van der Waals surface area contributed by atoms with Crippen LogP contribution in [0.1, 0.15) is 0 Å². The van der Waals surface area contributed by atoms with Gasteiger partial charge in [-0.1, -0.05) is 11.3 Å². The number of alkyl halides is 1. The highest BCUT2D eigenvalue weighted by atomic mass is 32.1. The summed E-state index contributed by atoms with van der Waals surface area (Å²) in [6.45, 7) is 0.955. The van der Waals surface area contributed by atoms with Crippen molar-refractivity contribution in [3.05, 3.63) is 11.6 Å². The fourth-order valence-electron chi connectivity index (χ4n) is 1.14. The largest absolute Gasteiger partial charge is 0.462 e. The molecule has 1 saturated heterocycles. The van der Waals surface area contributed by atoms with E-state index in [1.54, 1.807) is 6.20 Å². The zero-order chi connectivity index (χ0) is 8.39. The zero-order valence-corrected chi connectivity index (χ0v) is 7.18. The molecule has 0 aliphatic carbocycles. The maximum Gasteiger partial charge on any atom is 0.273 e. The number of thiazole rings is 1. The molecule has 2 unspecified atom stereocenters. The lowest BCUT2D eigenvalue weighted by molar-refractivity contribution is 0.139. The summed E-state index contributed by atoms with van der Waals surface area (Å²) in [5, 5.41) is 5.27. The van der Waals surface area contributed by atoms with Gasteiger partial charge in [0.15, 0.2) is 6.17 Å². The number of aromatic nitrogens is 1. The lowest BCUT2D eigenvalue weighted by Crippen LogP contribution is -2.26. The molecule has 0 saturated carbocycles. The molecular weight excluding hydrogens is 179 g/mol. The van der Waals surface area contributed by atoms with E-state index in [2.05, 4.69) is 10.3 Å². The van der Waals surface area contributed by atoms with E-state index in [9.17, 15) is 4.39 Å². The van der Waals surface area contributed by atoms with Gasteiger partial charge in [0.05, 0.1) is 0 Å². The van der Waals surface area contributed by atoms with Crippen LogP contribution >= 0.6 is 11.3 Å². The first-order chi connectivity index (χ1) is 5.86. The Balaban J connectivity index is 1.95. The molecule has 1 aliphatic rings. The topological polar surface area (TPSA) is 34.1 Å². The molecule has 2 atom stereocenters. The second kappa shape index (κ2) is 3.37. The number of halogens is 1. The number of ether oxygens (including phenoxy) is 1. The Bertz CT molecular complexity index is 242. The summed E-state index contributed by atoms with van der Waals surface area (Å²) in [7, 11) is 0. The van der Waals surface area contributed by atoms with Crippen molar-refractivity contribution in [3.8, 4) is 5.19 Å². The van der Waals surface area contributed by atoms with E-state index < -0.39 is 6.17 Å². The van der Waals surface area contributed by atoms with E-state index in [4.69, 9.17) is 4.74 Å². The van der Waals surface area contributed by atoms with Gasteiger partial charge in [0.1, 0.15) is 6.10 Å². The molecule has 2 rings (SSSR count). The minimum Gasteiger partial charge on any atom is -0.462 e. The highest BCUT2D eigenvalue weighted by molar-refractivity contribution is 7.11.